The molecule has 1 aromatic heterocycles. The Bertz CT molecular complexity index is 806. The van der Waals surface area contributed by atoms with Gasteiger partial charge in [-0.05, 0) is 28.0 Å². The van der Waals surface area contributed by atoms with Crippen molar-refractivity contribution in [2.75, 3.05) is 5.32 Å². The van der Waals surface area contributed by atoms with Gasteiger partial charge in [0.1, 0.15) is 0 Å². The van der Waals surface area contributed by atoms with Crippen molar-refractivity contribution in [1.29, 1.82) is 0 Å². The second kappa shape index (κ2) is 6.58. The largest absolute Gasteiger partial charge is 0.462 e. The molecule has 2 aromatic rings. The van der Waals surface area contributed by atoms with Crippen LogP contribution in [-0.2, 0) is 11.3 Å². The topological polar surface area (TPSA) is 133 Å². The predicted octanol–water partition coefficient (Wildman–Crippen LogP) is 2.65. The van der Waals surface area contributed by atoms with Crippen molar-refractivity contribution in [2.24, 2.45) is 0 Å². The summed E-state index contributed by atoms with van der Waals surface area (Å²) in [5, 5.41) is 24.6. The molecule has 10 nitrogen and oxygen atoms in total. The minimum Gasteiger partial charge on any atom is -0.358 e. The molecule has 1 aromatic carbocycles. The van der Waals surface area contributed by atoms with Gasteiger partial charge in [0.25, 0.3) is 12.2 Å². The Morgan fingerprint density at radius 2 is 1.96 bits per heavy atom. The zero-order valence-electron chi connectivity index (χ0n) is 11.1. The lowest BCUT2D eigenvalue weighted by molar-refractivity contribution is -0.428. The molecule has 0 aliphatic carbocycles. The lowest BCUT2D eigenvalue weighted by Gasteiger charge is -2.06. The number of aromatic nitrogens is 2. The van der Waals surface area contributed by atoms with E-state index in [2.05, 4.69) is 10.3 Å². The summed E-state index contributed by atoms with van der Waals surface area (Å²) in [4.78, 5) is 34.9. The monoisotopic (exact) mass is 359 g/mol. The van der Waals surface area contributed by atoms with Crippen molar-refractivity contribution in [2.45, 2.75) is 6.54 Å². The summed E-state index contributed by atoms with van der Waals surface area (Å²) >= 11 is 11.6. The highest BCUT2D eigenvalue weighted by Crippen LogP contribution is 2.27. The van der Waals surface area contributed by atoms with E-state index in [-0.39, 0.29) is 10.7 Å². The van der Waals surface area contributed by atoms with E-state index in [4.69, 9.17) is 23.2 Å². The number of benzene rings is 1. The molecule has 1 N–H and O–H groups in total. The van der Waals surface area contributed by atoms with Gasteiger partial charge in [0.15, 0.2) is 6.54 Å². The maximum atomic E-state index is 11.9. The maximum absolute atomic E-state index is 11.9. The average Bonchev–Trinajstić information content (AvgIpc) is 2.86. The number of carbonyl (C=O) groups excluding carboxylic acids is 1. The molecule has 0 unspecified atom stereocenters. The van der Waals surface area contributed by atoms with Crippen LogP contribution in [0.25, 0.3) is 0 Å². The van der Waals surface area contributed by atoms with Crippen molar-refractivity contribution >= 4 is 46.4 Å². The Morgan fingerprint density at radius 3 is 2.52 bits per heavy atom. The molecule has 0 aliphatic rings. The summed E-state index contributed by atoms with van der Waals surface area (Å²) in [6.07, 6.45) is 0.847. The summed E-state index contributed by atoms with van der Waals surface area (Å²) in [7, 11) is 0. The van der Waals surface area contributed by atoms with Crippen LogP contribution < -0.4 is 5.32 Å². The van der Waals surface area contributed by atoms with E-state index in [1.807, 2.05) is 0 Å². The standard InChI is InChI=1S/C11H7Cl2N5O5/c12-6-1-2-8(7(13)3-6)15-9(19)4-16-5-14-10(17(20)21)11(16)18(22)23/h1-3,5H,4H2,(H,15,19). The number of nitrogens with one attached hydrogen (secondary N) is 1. The summed E-state index contributed by atoms with van der Waals surface area (Å²) in [6.45, 7) is -0.546. The van der Waals surface area contributed by atoms with E-state index in [1.165, 1.54) is 18.2 Å². The fourth-order valence-corrected chi connectivity index (χ4v) is 2.19. The van der Waals surface area contributed by atoms with Gasteiger partial charge in [-0.2, -0.15) is 4.57 Å². The molecule has 0 fully saturated rings. The Hall–Kier alpha value is -2.72. The molecular formula is C11H7Cl2N5O5. The number of hydrogen-bond acceptors (Lipinski definition) is 6. The average molecular weight is 360 g/mol. The van der Waals surface area contributed by atoms with Crippen molar-refractivity contribution in [3.05, 3.63) is 54.8 Å². The van der Waals surface area contributed by atoms with Crippen molar-refractivity contribution in [1.82, 2.24) is 9.55 Å². The summed E-state index contributed by atoms with van der Waals surface area (Å²) in [5.74, 6) is -2.50. The summed E-state index contributed by atoms with van der Waals surface area (Å²) in [5.41, 5.74) is 0.248. The molecule has 2 rings (SSSR count). The summed E-state index contributed by atoms with van der Waals surface area (Å²) in [6, 6.07) is 4.35. The number of imidazole rings is 1. The fourth-order valence-electron chi connectivity index (χ4n) is 1.73. The Balaban J connectivity index is 2.20. The number of hydrogen-bond donors (Lipinski definition) is 1. The molecule has 0 atom stereocenters. The third-order valence-electron chi connectivity index (χ3n) is 2.66. The zero-order chi connectivity index (χ0) is 17.1. The first-order chi connectivity index (χ1) is 10.8. The van der Waals surface area contributed by atoms with Crippen molar-refractivity contribution in [3.8, 4) is 0 Å². The zero-order valence-corrected chi connectivity index (χ0v) is 12.6. The number of carbonyl (C=O) groups is 1. The molecule has 0 saturated heterocycles. The van der Waals surface area contributed by atoms with Crippen LogP contribution in [-0.4, -0.2) is 25.3 Å². The van der Waals surface area contributed by atoms with Gasteiger partial charge in [-0.15, -0.1) is 0 Å². The third-order valence-corrected chi connectivity index (χ3v) is 3.20. The molecular weight excluding hydrogens is 353 g/mol. The molecule has 0 spiro atoms. The minimum atomic E-state index is -0.997. The van der Waals surface area contributed by atoms with Crippen LogP contribution in [0.2, 0.25) is 10.0 Å². The second-order valence-corrected chi connectivity index (χ2v) is 5.05. The molecule has 1 amide bonds. The van der Waals surface area contributed by atoms with Gasteiger partial charge < -0.3 is 25.5 Å². The highest BCUT2D eigenvalue weighted by molar-refractivity contribution is 6.36. The number of rotatable bonds is 5. The number of halogens is 2. The molecule has 0 radical (unpaired) electrons. The molecule has 23 heavy (non-hydrogen) atoms. The lowest BCUT2D eigenvalue weighted by atomic mass is 10.3. The normalized spacial score (nSPS) is 10.3. The Labute approximate surface area is 137 Å². The van der Waals surface area contributed by atoms with Crippen LogP contribution in [0.1, 0.15) is 0 Å². The predicted molar refractivity (Wildman–Crippen MR) is 80.6 cm³/mol. The number of anilines is 1. The number of nitro groups is 2. The van der Waals surface area contributed by atoms with E-state index in [1.54, 1.807) is 0 Å². The molecule has 0 saturated carbocycles. The summed E-state index contributed by atoms with van der Waals surface area (Å²) < 4.78 is 0.761. The number of nitrogens with zero attached hydrogens (tertiary/aromatic N) is 4. The van der Waals surface area contributed by atoms with Gasteiger partial charge in [0.2, 0.25) is 0 Å². The van der Waals surface area contributed by atoms with Crippen molar-refractivity contribution < 1.29 is 14.6 Å². The van der Waals surface area contributed by atoms with Gasteiger partial charge in [0.05, 0.1) is 10.7 Å². The van der Waals surface area contributed by atoms with E-state index in [0.29, 0.717) is 5.02 Å². The van der Waals surface area contributed by atoms with Crippen LogP contribution in [0, 0.1) is 20.2 Å². The van der Waals surface area contributed by atoms with Gasteiger partial charge in [-0.3, -0.25) is 4.79 Å². The van der Waals surface area contributed by atoms with E-state index >= 15 is 0 Å². The second-order valence-electron chi connectivity index (χ2n) is 4.21. The van der Waals surface area contributed by atoms with Crippen LogP contribution in [0.5, 0.6) is 0 Å². The SMILES string of the molecule is O=C(Cn1cnc([N+](=O)[O-])c1[N+](=O)[O-])Nc1ccc(Cl)cc1Cl. The highest BCUT2D eigenvalue weighted by Gasteiger charge is 2.33. The first kappa shape index (κ1) is 16.6. The van der Waals surface area contributed by atoms with Gasteiger partial charge >= 0.3 is 11.6 Å². The smallest absolute Gasteiger partial charge is 0.358 e. The van der Waals surface area contributed by atoms with Crippen LogP contribution in [0.4, 0.5) is 17.3 Å². The lowest BCUT2D eigenvalue weighted by Crippen LogP contribution is -2.19. The van der Waals surface area contributed by atoms with Gasteiger partial charge in [-0.25, -0.2) is 0 Å². The first-order valence-electron chi connectivity index (χ1n) is 5.88. The quantitative estimate of drug-likeness (QED) is 0.644. The van der Waals surface area contributed by atoms with E-state index in [0.717, 1.165) is 10.9 Å². The molecule has 1 heterocycles. The molecule has 120 valence electrons. The third kappa shape index (κ3) is 3.73. The minimum absolute atomic E-state index is 0.178. The van der Waals surface area contributed by atoms with Crippen LogP contribution in [0.15, 0.2) is 24.5 Å². The highest BCUT2D eigenvalue weighted by atomic mass is 35.5. The van der Waals surface area contributed by atoms with Crippen LogP contribution in [0.3, 0.4) is 0 Å². The van der Waals surface area contributed by atoms with Crippen molar-refractivity contribution in [3.63, 3.8) is 0 Å². The maximum Gasteiger partial charge on any atom is 0.462 e. The first-order valence-corrected chi connectivity index (χ1v) is 6.64. The Kier molecular flexibility index (Phi) is 4.77. The Morgan fingerprint density at radius 1 is 1.26 bits per heavy atom. The molecule has 0 bridgehead atoms. The molecule has 12 heteroatoms. The van der Waals surface area contributed by atoms with E-state index < -0.39 is 33.9 Å². The van der Waals surface area contributed by atoms with Crippen LogP contribution >= 0.6 is 23.2 Å². The fraction of sp³-hybridized carbons (Fsp3) is 0.0909. The van der Waals surface area contributed by atoms with Gasteiger partial charge in [-0.1, -0.05) is 23.2 Å². The van der Waals surface area contributed by atoms with Gasteiger partial charge in [0, 0.05) is 10.0 Å². The van der Waals surface area contributed by atoms with E-state index in [9.17, 15) is 25.0 Å². The molecule has 0 aliphatic heterocycles. The number of amides is 1.